The van der Waals surface area contributed by atoms with Gasteiger partial charge in [-0.3, -0.25) is 0 Å². The first kappa shape index (κ1) is 8.45. The SMILES string of the molecule is NC1C2CCC(O)C1c1ccccc12. The Balaban J connectivity index is 2.16. The van der Waals surface area contributed by atoms with Gasteiger partial charge in [-0.15, -0.1) is 0 Å². The Bertz CT molecular complexity index is 363. The van der Waals surface area contributed by atoms with E-state index in [9.17, 15) is 5.11 Å². The third-order valence-electron chi connectivity index (χ3n) is 3.82. The lowest BCUT2D eigenvalue weighted by Crippen LogP contribution is -2.39. The summed E-state index contributed by atoms with van der Waals surface area (Å²) in [5.41, 5.74) is 8.83. The number of nitrogens with two attached hydrogens (primary N) is 1. The quantitative estimate of drug-likeness (QED) is 0.647. The molecule has 1 aromatic carbocycles. The molecule has 1 saturated carbocycles. The highest BCUT2D eigenvalue weighted by molar-refractivity contribution is 5.43. The van der Waals surface area contributed by atoms with Crippen molar-refractivity contribution >= 4 is 0 Å². The van der Waals surface area contributed by atoms with Crippen LogP contribution in [0, 0.1) is 0 Å². The Morgan fingerprint density at radius 2 is 1.86 bits per heavy atom. The van der Waals surface area contributed by atoms with Crippen LogP contribution < -0.4 is 5.73 Å². The first-order valence-corrected chi connectivity index (χ1v) is 5.31. The third-order valence-corrected chi connectivity index (χ3v) is 3.82. The van der Waals surface area contributed by atoms with Gasteiger partial charge in [0, 0.05) is 17.9 Å². The molecule has 2 aliphatic rings. The van der Waals surface area contributed by atoms with Crippen LogP contribution in [0.1, 0.15) is 35.8 Å². The summed E-state index contributed by atoms with van der Waals surface area (Å²) in [5.74, 6) is 0.671. The van der Waals surface area contributed by atoms with Crippen LogP contribution in [0.15, 0.2) is 24.3 Å². The lowest BCUT2D eigenvalue weighted by Gasteiger charge is -2.31. The van der Waals surface area contributed by atoms with Gasteiger partial charge in [-0.05, 0) is 24.0 Å². The summed E-state index contributed by atoms with van der Waals surface area (Å²) in [7, 11) is 0. The van der Waals surface area contributed by atoms with Gasteiger partial charge in [0.2, 0.25) is 0 Å². The molecule has 0 radical (unpaired) electrons. The highest BCUT2D eigenvalue weighted by Crippen LogP contribution is 2.49. The monoisotopic (exact) mass is 189 g/mol. The van der Waals surface area contributed by atoms with E-state index in [1.165, 1.54) is 11.1 Å². The molecule has 0 spiro atoms. The van der Waals surface area contributed by atoms with Crippen molar-refractivity contribution in [2.45, 2.75) is 36.8 Å². The highest BCUT2D eigenvalue weighted by Gasteiger charge is 2.45. The van der Waals surface area contributed by atoms with E-state index in [1.807, 2.05) is 6.07 Å². The molecule has 2 aliphatic carbocycles. The fourth-order valence-corrected chi connectivity index (χ4v) is 3.16. The maximum Gasteiger partial charge on any atom is 0.0624 e. The van der Waals surface area contributed by atoms with E-state index >= 15 is 0 Å². The van der Waals surface area contributed by atoms with Gasteiger partial charge in [-0.1, -0.05) is 24.3 Å². The molecule has 0 aromatic heterocycles. The number of hydrogen-bond donors (Lipinski definition) is 2. The molecule has 1 fully saturated rings. The number of fused-ring (bicyclic) bond motifs is 5. The van der Waals surface area contributed by atoms with E-state index in [1.54, 1.807) is 0 Å². The predicted molar refractivity (Wildman–Crippen MR) is 55.1 cm³/mol. The van der Waals surface area contributed by atoms with Crippen LogP contribution in [0.3, 0.4) is 0 Å². The number of aliphatic hydroxyl groups excluding tert-OH is 1. The minimum Gasteiger partial charge on any atom is -0.392 e. The zero-order chi connectivity index (χ0) is 9.71. The van der Waals surface area contributed by atoms with Crippen molar-refractivity contribution < 1.29 is 5.11 Å². The molecule has 0 heterocycles. The summed E-state index contributed by atoms with van der Waals surface area (Å²) in [4.78, 5) is 0. The summed E-state index contributed by atoms with van der Waals surface area (Å²) in [6.07, 6.45) is 1.71. The van der Waals surface area contributed by atoms with Gasteiger partial charge >= 0.3 is 0 Å². The second-order valence-electron chi connectivity index (χ2n) is 4.48. The molecule has 2 heteroatoms. The zero-order valence-electron chi connectivity index (χ0n) is 8.06. The van der Waals surface area contributed by atoms with Crippen molar-refractivity contribution in [3.63, 3.8) is 0 Å². The summed E-state index contributed by atoms with van der Waals surface area (Å²) in [6, 6.07) is 8.53. The smallest absolute Gasteiger partial charge is 0.0624 e. The van der Waals surface area contributed by atoms with Crippen LogP contribution in [0.25, 0.3) is 0 Å². The summed E-state index contributed by atoms with van der Waals surface area (Å²) in [5, 5.41) is 9.93. The first-order valence-electron chi connectivity index (χ1n) is 5.31. The van der Waals surface area contributed by atoms with E-state index in [0.29, 0.717) is 5.92 Å². The third kappa shape index (κ3) is 0.928. The van der Waals surface area contributed by atoms with Crippen molar-refractivity contribution in [3.8, 4) is 0 Å². The number of hydrogen-bond acceptors (Lipinski definition) is 2. The molecule has 4 unspecified atom stereocenters. The highest BCUT2D eigenvalue weighted by atomic mass is 16.3. The minimum atomic E-state index is -0.232. The van der Waals surface area contributed by atoms with Crippen LogP contribution in [-0.2, 0) is 0 Å². The van der Waals surface area contributed by atoms with Crippen molar-refractivity contribution in [1.29, 1.82) is 0 Å². The molecule has 74 valence electrons. The molecule has 2 bridgehead atoms. The lowest BCUT2D eigenvalue weighted by atomic mass is 9.80. The van der Waals surface area contributed by atoms with Crippen molar-refractivity contribution in [1.82, 2.24) is 0 Å². The van der Waals surface area contributed by atoms with Gasteiger partial charge in [-0.25, -0.2) is 0 Å². The Morgan fingerprint density at radius 3 is 2.64 bits per heavy atom. The van der Waals surface area contributed by atoms with Gasteiger partial charge < -0.3 is 10.8 Å². The standard InChI is InChI=1S/C12H15NO/c13-12-9-5-6-10(14)11(12)8-4-2-1-3-7(8)9/h1-4,9-12,14H,5-6,13H2. The average molecular weight is 189 g/mol. The molecule has 3 rings (SSSR count). The van der Waals surface area contributed by atoms with Crippen molar-refractivity contribution in [2.75, 3.05) is 0 Å². The Labute approximate surface area is 83.7 Å². The minimum absolute atomic E-state index is 0.135. The Kier molecular flexibility index (Phi) is 1.70. The molecule has 0 saturated heterocycles. The van der Waals surface area contributed by atoms with E-state index in [-0.39, 0.29) is 18.1 Å². The second-order valence-corrected chi connectivity index (χ2v) is 4.48. The maximum atomic E-state index is 9.93. The average Bonchev–Trinajstić information content (AvgIpc) is 2.37. The molecule has 3 N–H and O–H groups in total. The molecule has 4 atom stereocenters. The van der Waals surface area contributed by atoms with Crippen LogP contribution in [0.5, 0.6) is 0 Å². The van der Waals surface area contributed by atoms with Crippen LogP contribution in [-0.4, -0.2) is 17.3 Å². The molecule has 2 nitrogen and oxygen atoms in total. The van der Waals surface area contributed by atoms with Crippen LogP contribution >= 0.6 is 0 Å². The van der Waals surface area contributed by atoms with Gasteiger partial charge in [0.15, 0.2) is 0 Å². The Morgan fingerprint density at radius 1 is 1.14 bits per heavy atom. The van der Waals surface area contributed by atoms with Crippen molar-refractivity contribution in [3.05, 3.63) is 35.4 Å². The fraction of sp³-hybridized carbons (Fsp3) is 0.500. The normalized spacial score (nSPS) is 39.6. The van der Waals surface area contributed by atoms with E-state index < -0.39 is 0 Å². The number of rotatable bonds is 0. The molecule has 0 aliphatic heterocycles. The van der Waals surface area contributed by atoms with Gasteiger partial charge in [0.25, 0.3) is 0 Å². The molecule has 14 heavy (non-hydrogen) atoms. The van der Waals surface area contributed by atoms with Gasteiger partial charge in [0.05, 0.1) is 6.10 Å². The molecular formula is C12H15NO. The summed E-state index contributed by atoms with van der Waals surface area (Å²) in [6.45, 7) is 0. The first-order chi connectivity index (χ1) is 6.79. The van der Waals surface area contributed by atoms with Gasteiger partial charge in [-0.2, -0.15) is 0 Å². The molecular weight excluding hydrogens is 174 g/mol. The van der Waals surface area contributed by atoms with E-state index in [4.69, 9.17) is 5.73 Å². The molecule has 0 amide bonds. The Hall–Kier alpha value is -0.860. The summed E-state index contributed by atoms with van der Waals surface area (Å²) >= 11 is 0. The predicted octanol–water partition coefficient (Wildman–Crippen LogP) is 1.35. The summed E-state index contributed by atoms with van der Waals surface area (Å²) < 4.78 is 0. The van der Waals surface area contributed by atoms with Gasteiger partial charge in [0.1, 0.15) is 0 Å². The van der Waals surface area contributed by atoms with Crippen LogP contribution in [0.4, 0.5) is 0 Å². The zero-order valence-corrected chi connectivity index (χ0v) is 8.06. The van der Waals surface area contributed by atoms with Crippen LogP contribution in [0.2, 0.25) is 0 Å². The van der Waals surface area contributed by atoms with E-state index in [2.05, 4.69) is 18.2 Å². The van der Waals surface area contributed by atoms with E-state index in [0.717, 1.165) is 12.8 Å². The van der Waals surface area contributed by atoms with Crippen molar-refractivity contribution in [2.24, 2.45) is 5.73 Å². The molecule has 1 aromatic rings. The second kappa shape index (κ2) is 2.81. The fourth-order valence-electron chi connectivity index (χ4n) is 3.16. The number of benzene rings is 1. The largest absolute Gasteiger partial charge is 0.392 e. The topological polar surface area (TPSA) is 46.2 Å². The lowest BCUT2D eigenvalue weighted by molar-refractivity contribution is 0.0971. The maximum absolute atomic E-state index is 9.93. The number of aliphatic hydroxyl groups is 1.